The van der Waals surface area contributed by atoms with E-state index in [-0.39, 0.29) is 17.9 Å². The van der Waals surface area contributed by atoms with Gasteiger partial charge >= 0.3 is 0 Å². The summed E-state index contributed by atoms with van der Waals surface area (Å²) in [5.74, 6) is -0.192. The Morgan fingerprint density at radius 2 is 1.76 bits per heavy atom. The third-order valence-electron chi connectivity index (χ3n) is 3.32. The van der Waals surface area contributed by atoms with Gasteiger partial charge in [0, 0.05) is 17.5 Å². The molecule has 2 aromatic rings. The van der Waals surface area contributed by atoms with Crippen LogP contribution in [0.4, 0.5) is 11.4 Å². The van der Waals surface area contributed by atoms with Crippen molar-refractivity contribution in [2.75, 3.05) is 18.1 Å². The largest absolute Gasteiger partial charge is 0.397 e. The van der Waals surface area contributed by atoms with Gasteiger partial charge in [0.25, 0.3) is 0 Å². The van der Waals surface area contributed by atoms with Crippen molar-refractivity contribution in [1.82, 2.24) is 0 Å². The summed E-state index contributed by atoms with van der Waals surface area (Å²) in [6.45, 7) is -0.410. The first kappa shape index (κ1) is 15.0. The molecule has 6 N–H and O–H groups in total. The number of hydrogen-bond donors (Lipinski definition) is 4. The molecule has 0 amide bonds. The van der Waals surface area contributed by atoms with Crippen molar-refractivity contribution in [1.29, 1.82) is 0 Å². The molecule has 5 heteroatoms. The van der Waals surface area contributed by atoms with Crippen molar-refractivity contribution < 1.29 is 15.0 Å². The summed E-state index contributed by atoms with van der Waals surface area (Å²) in [5.41, 5.74) is 13.7. The molecule has 5 nitrogen and oxygen atoms in total. The summed E-state index contributed by atoms with van der Waals surface area (Å²) in [4.78, 5) is 12.6. The molecule has 2 rings (SSSR count). The Kier molecular flexibility index (Phi) is 4.57. The second-order valence-corrected chi connectivity index (χ2v) is 4.83. The molecular weight excluding hydrogens is 268 g/mol. The topological polar surface area (TPSA) is 110 Å². The first-order valence-corrected chi connectivity index (χ1v) is 6.60. The lowest BCUT2D eigenvalue weighted by atomic mass is 9.93. The molecular formula is C16H18N2O3. The van der Waals surface area contributed by atoms with Gasteiger partial charge in [-0.15, -0.1) is 0 Å². The Bertz CT molecular complexity index is 641. The van der Waals surface area contributed by atoms with Gasteiger partial charge in [-0.2, -0.15) is 0 Å². The van der Waals surface area contributed by atoms with Crippen LogP contribution >= 0.6 is 0 Å². The Morgan fingerprint density at radius 1 is 1.10 bits per heavy atom. The van der Waals surface area contributed by atoms with Crippen LogP contribution in [-0.2, 0) is 6.42 Å². The number of carbonyl (C=O) groups excluding carboxylic acids is 1. The van der Waals surface area contributed by atoms with Crippen molar-refractivity contribution in [2.24, 2.45) is 0 Å². The summed E-state index contributed by atoms with van der Waals surface area (Å²) in [7, 11) is 0. The average Bonchev–Trinajstić information content (AvgIpc) is 2.52. The molecule has 0 aliphatic rings. The van der Waals surface area contributed by atoms with E-state index in [9.17, 15) is 9.90 Å². The van der Waals surface area contributed by atoms with Crippen LogP contribution < -0.4 is 11.5 Å². The van der Waals surface area contributed by atoms with E-state index in [0.717, 1.165) is 0 Å². The summed E-state index contributed by atoms with van der Waals surface area (Å²) in [5, 5.41) is 18.6. The molecule has 2 aromatic carbocycles. The number of nitrogens with two attached hydrogens (primary N) is 2. The number of aliphatic hydroxyl groups is 2. The molecule has 0 aliphatic heterocycles. The molecule has 0 saturated carbocycles. The van der Waals surface area contributed by atoms with Crippen molar-refractivity contribution in [3.8, 4) is 0 Å². The molecule has 0 bridgehead atoms. The standard InChI is InChI=1S/C16H18N2O3/c17-14-7-6-12(13(15(14)18)8-11(20)9-19)16(21)10-4-2-1-3-5-10/h1-7,11,19-20H,8-9,17-18H2. The van der Waals surface area contributed by atoms with Crippen LogP contribution in [0.3, 0.4) is 0 Å². The third kappa shape index (κ3) is 3.21. The van der Waals surface area contributed by atoms with Gasteiger partial charge in [-0.25, -0.2) is 0 Å². The van der Waals surface area contributed by atoms with Crippen LogP contribution in [0.5, 0.6) is 0 Å². The van der Waals surface area contributed by atoms with Crippen LogP contribution in [0, 0.1) is 0 Å². The maximum absolute atomic E-state index is 12.6. The molecule has 0 radical (unpaired) electrons. The molecule has 1 unspecified atom stereocenters. The highest BCUT2D eigenvalue weighted by Gasteiger charge is 2.19. The summed E-state index contributed by atoms with van der Waals surface area (Å²) in [6, 6.07) is 12.0. The lowest BCUT2D eigenvalue weighted by Crippen LogP contribution is -2.19. The number of benzene rings is 2. The Morgan fingerprint density at radius 3 is 2.38 bits per heavy atom. The number of rotatable bonds is 5. The SMILES string of the molecule is Nc1ccc(C(=O)c2ccccc2)c(CC(O)CO)c1N. The van der Waals surface area contributed by atoms with Crippen LogP contribution in [0.15, 0.2) is 42.5 Å². The van der Waals surface area contributed by atoms with E-state index in [1.165, 1.54) is 0 Å². The number of nitrogen functional groups attached to an aromatic ring is 2. The van der Waals surface area contributed by atoms with Crippen molar-refractivity contribution in [3.05, 3.63) is 59.2 Å². The van der Waals surface area contributed by atoms with E-state index in [4.69, 9.17) is 16.6 Å². The van der Waals surface area contributed by atoms with Gasteiger partial charge in [0.1, 0.15) is 0 Å². The Hall–Kier alpha value is -2.37. The Labute approximate surface area is 122 Å². The van der Waals surface area contributed by atoms with Gasteiger partial charge in [0.05, 0.1) is 24.1 Å². The second kappa shape index (κ2) is 6.39. The van der Waals surface area contributed by atoms with E-state index < -0.39 is 12.7 Å². The number of aliphatic hydroxyl groups excluding tert-OH is 2. The quantitative estimate of drug-likeness (QED) is 0.484. The molecule has 21 heavy (non-hydrogen) atoms. The van der Waals surface area contributed by atoms with Crippen LogP contribution in [0.2, 0.25) is 0 Å². The van der Waals surface area contributed by atoms with E-state index in [1.807, 2.05) is 6.07 Å². The Balaban J connectivity index is 2.48. The number of ketones is 1. The van der Waals surface area contributed by atoms with E-state index >= 15 is 0 Å². The highest BCUT2D eigenvalue weighted by atomic mass is 16.3. The highest BCUT2D eigenvalue weighted by Crippen LogP contribution is 2.27. The van der Waals surface area contributed by atoms with Gasteiger partial charge in [-0.3, -0.25) is 4.79 Å². The number of carbonyl (C=O) groups is 1. The van der Waals surface area contributed by atoms with Gasteiger partial charge in [0.2, 0.25) is 0 Å². The lowest BCUT2D eigenvalue weighted by molar-refractivity contribution is 0.0947. The van der Waals surface area contributed by atoms with Gasteiger partial charge in [0.15, 0.2) is 5.78 Å². The summed E-state index contributed by atoms with van der Waals surface area (Å²) in [6.07, 6.45) is -0.919. The van der Waals surface area contributed by atoms with Crippen LogP contribution in [-0.4, -0.2) is 28.7 Å². The number of hydrogen-bond acceptors (Lipinski definition) is 5. The smallest absolute Gasteiger partial charge is 0.193 e. The molecule has 0 saturated heterocycles. The maximum atomic E-state index is 12.6. The fourth-order valence-corrected chi connectivity index (χ4v) is 2.16. The normalized spacial score (nSPS) is 12.1. The minimum absolute atomic E-state index is 0.0707. The predicted octanol–water partition coefficient (Wildman–Crippen LogP) is 0.978. The predicted molar refractivity (Wildman–Crippen MR) is 81.9 cm³/mol. The third-order valence-corrected chi connectivity index (χ3v) is 3.32. The van der Waals surface area contributed by atoms with Crippen LogP contribution in [0.1, 0.15) is 21.5 Å². The highest BCUT2D eigenvalue weighted by molar-refractivity contribution is 6.11. The summed E-state index contributed by atoms with van der Waals surface area (Å²) < 4.78 is 0. The minimum atomic E-state index is -0.989. The first-order valence-electron chi connectivity index (χ1n) is 6.60. The monoisotopic (exact) mass is 286 g/mol. The zero-order chi connectivity index (χ0) is 15.4. The van der Waals surface area contributed by atoms with Crippen molar-refractivity contribution in [3.63, 3.8) is 0 Å². The van der Waals surface area contributed by atoms with Gasteiger partial charge in [-0.05, 0) is 17.7 Å². The van der Waals surface area contributed by atoms with Gasteiger partial charge in [-0.1, -0.05) is 30.3 Å². The molecule has 1 atom stereocenters. The zero-order valence-corrected chi connectivity index (χ0v) is 11.5. The first-order chi connectivity index (χ1) is 10.0. The molecule has 110 valence electrons. The maximum Gasteiger partial charge on any atom is 0.193 e. The molecule has 0 heterocycles. The fourth-order valence-electron chi connectivity index (χ4n) is 2.16. The zero-order valence-electron chi connectivity index (χ0n) is 11.5. The molecule has 0 aromatic heterocycles. The summed E-state index contributed by atoms with van der Waals surface area (Å²) >= 11 is 0. The van der Waals surface area contributed by atoms with E-state index in [0.29, 0.717) is 22.4 Å². The number of anilines is 2. The van der Waals surface area contributed by atoms with E-state index in [2.05, 4.69) is 0 Å². The van der Waals surface area contributed by atoms with Crippen LogP contribution in [0.25, 0.3) is 0 Å². The molecule has 0 aliphatic carbocycles. The average molecular weight is 286 g/mol. The minimum Gasteiger partial charge on any atom is -0.397 e. The molecule has 0 spiro atoms. The van der Waals surface area contributed by atoms with Crippen molar-refractivity contribution >= 4 is 17.2 Å². The second-order valence-electron chi connectivity index (χ2n) is 4.83. The van der Waals surface area contributed by atoms with E-state index in [1.54, 1.807) is 36.4 Å². The fraction of sp³-hybridized carbons (Fsp3) is 0.188. The molecule has 0 fully saturated rings. The van der Waals surface area contributed by atoms with Gasteiger partial charge < -0.3 is 21.7 Å². The lowest BCUT2D eigenvalue weighted by Gasteiger charge is -2.16. The van der Waals surface area contributed by atoms with Crippen molar-refractivity contribution in [2.45, 2.75) is 12.5 Å².